The Kier molecular flexibility index (Phi) is 4.96. The van der Waals surface area contributed by atoms with Gasteiger partial charge in [-0.15, -0.1) is 0 Å². The molecule has 0 saturated carbocycles. The summed E-state index contributed by atoms with van der Waals surface area (Å²) in [6.45, 7) is 5.79. The SMILES string of the molecule is CC1CC[NH+](CC(=O)Nc2ccc(N3CCCC3=O)cc2)CC1. The lowest BCUT2D eigenvalue weighted by atomic mass is 9.99. The summed E-state index contributed by atoms with van der Waals surface area (Å²) in [6.07, 6.45) is 3.98. The monoisotopic (exact) mass is 316 g/mol. The molecule has 0 spiro atoms. The Labute approximate surface area is 137 Å². The number of likely N-dealkylation sites (tertiary alicyclic amines) is 1. The van der Waals surface area contributed by atoms with Crippen LogP contribution in [-0.4, -0.2) is 38.0 Å². The van der Waals surface area contributed by atoms with E-state index in [9.17, 15) is 9.59 Å². The van der Waals surface area contributed by atoms with E-state index < -0.39 is 0 Å². The molecule has 0 aromatic heterocycles. The van der Waals surface area contributed by atoms with Gasteiger partial charge in [0.2, 0.25) is 5.91 Å². The number of nitrogens with one attached hydrogen (secondary N) is 2. The van der Waals surface area contributed by atoms with Crippen molar-refractivity contribution in [1.82, 2.24) is 0 Å². The first-order chi connectivity index (χ1) is 11.1. The maximum atomic E-state index is 12.2. The van der Waals surface area contributed by atoms with Crippen molar-refractivity contribution in [3.8, 4) is 0 Å². The first-order valence-electron chi connectivity index (χ1n) is 8.65. The normalized spacial score (nSPS) is 24.7. The predicted molar refractivity (Wildman–Crippen MR) is 90.6 cm³/mol. The molecule has 0 bridgehead atoms. The van der Waals surface area contributed by atoms with Crippen molar-refractivity contribution >= 4 is 23.2 Å². The summed E-state index contributed by atoms with van der Waals surface area (Å²) in [7, 11) is 0. The molecule has 1 aromatic carbocycles. The van der Waals surface area contributed by atoms with Crippen molar-refractivity contribution in [2.75, 3.05) is 36.4 Å². The first-order valence-corrected chi connectivity index (χ1v) is 8.65. The molecule has 0 unspecified atom stereocenters. The Bertz CT molecular complexity index is 562. The minimum absolute atomic E-state index is 0.0690. The summed E-state index contributed by atoms with van der Waals surface area (Å²) in [5.41, 5.74) is 1.72. The smallest absolute Gasteiger partial charge is 0.279 e. The molecule has 124 valence electrons. The van der Waals surface area contributed by atoms with Crippen LogP contribution in [0.4, 0.5) is 11.4 Å². The standard InChI is InChI=1S/C18H25N3O2/c1-14-8-11-20(12-9-14)13-17(22)19-15-4-6-16(7-5-15)21-10-2-3-18(21)23/h4-7,14H,2-3,8-13H2,1H3,(H,19,22)/p+1. The molecule has 0 radical (unpaired) electrons. The third kappa shape index (κ3) is 4.10. The topological polar surface area (TPSA) is 53.9 Å². The summed E-state index contributed by atoms with van der Waals surface area (Å²) in [6, 6.07) is 7.58. The maximum Gasteiger partial charge on any atom is 0.279 e. The lowest BCUT2D eigenvalue weighted by molar-refractivity contribution is -0.897. The lowest BCUT2D eigenvalue weighted by Crippen LogP contribution is -3.14. The van der Waals surface area contributed by atoms with Crippen molar-refractivity contribution in [3.63, 3.8) is 0 Å². The van der Waals surface area contributed by atoms with Crippen LogP contribution >= 0.6 is 0 Å². The molecule has 2 fully saturated rings. The number of hydrogen-bond acceptors (Lipinski definition) is 2. The van der Waals surface area contributed by atoms with Gasteiger partial charge in [-0.3, -0.25) is 9.59 Å². The Hall–Kier alpha value is -1.88. The fourth-order valence-corrected chi connectivity index (χ4v) is 3.43. The Morgan fingerprint density at radius 2 is 1.96 bits per heavy atom. The van der Waals surface area contributed by atoms with Crippen molar-refractivity contribution < 1.29 is 14.5 Å². The third-order valence-electron chi connectivity index (χ3n) is 4.93. The maximum absolute atomic E-state index is 12.2. The summed E-state index contributed by atoms with van der Waals surface area (Å²) in [4.78, 5) is 27.1. The van der Waals surface area contributed by atoms with Crippen molar-refractivity contribution in [2.45, 2.75) is 32.6 Å². The number of nitrogens with zero attached hydrogens (tertiary/aromatic N) is 1. The molecule has 5 nitrogen and oxygen atoms in total. The van der Waals surface area contributed by atoms with Gasteiger partial charge in [-0.1, -0.05) is 6.92 Å². The van der Waals surface area contributed by atoms with E-state index in [4.69, 9.17) is 0 Å². The van der Waals surface area contributed by atoms with E-state index in [0.717, 1.165) is 43.3 Å². The lowest BCUT2D eigenvalue weighted by Gasteiger charge is -2.26. The molecule has 2 aliphatic rings. The molecule has 2 saturated heterocycles. The van der Waals surface area contributed by atoms with Gasteiger partial charge in [-0.2, -0.15) is 0 Å². The van der Waals surface area contributed by atoms with Crippen LogP contribution < -0.4 is 15.1 Å². The van der Waals surface area contributed by atoms with Gasteiger partial charge in [-0.25, -0.2) is 0 Å². The van der Waals surface area contributed by atoms with Crippen LogP contribution in [-0.2, 0) is 9.59 Å². The van der Waals surface area contributed by atoms with Gasteiger partial charge in [0.1, 0.15) is 0 Å². The molecule has 2 amide bonds. The van der Waals surface area contributed by atoms with Gasteiger partial charge in [0.25, 0.3) is 5.91 Å². The first kappa shape index (κ1) is 16.0. The molecule has 2 heterocycles. The molecule has 1 aromatic rings. The van der Waals surface area contributed by atoms with E-state index in [1.807, 2.05) is 29.2 Å². The molecule has 5 heteroatoms. The molecule has 0 atom stereocenters. The Morgan fingerprint density at radius 1 is 1.26 bits per heavy atom. The minimum Gasteiger partial charge on any atom is -0.327 e. The Balaban J connectivity index is 1.51. The van der Waals surface area contributed by atoms with E-state index in [1.54, 1.807) is 0 Å². The fourth-order valence-electron chi connectivity index (χ4n) is 3.43. The van der Waals surface area contributed by atoms with Gasteiger partial charge in [-0.05, 0) is 49.4 Å². The average molecular weight is 316 g/mol. The van der Waals surface area contributed by atoms with Crippen LogP contribution in [0.15, 0.2) is 24.3 Å². The highest BCUT2D eigenvalue weighted by Crippen LogP contribution is 2.22. The minimum atomic E-state index is 0.0690. The van der Waals surface area contributed by atoms with Gasteiger partial charge >= 0.3 is 0 Å². The van der Waals surface area contributed by atoms with Crippen LogP contribution in [0.3, 0.4) is 0 Å². The van der Waals surface area contributed by atoms with Crippen LogP contribution in [0.5, 0.6) is 0 Å². The van der Waals surface area contributed by atoms with Gasteiger partial charge in [0.05, 0.1) is 13.1 Å². The van der Waals surface area contributed by atoms with E-state index in [-0.39, 0.29) is 11.8 Å². The summed E-state index contributed by atoms with van der Waals surface area (Å²) >= 11 is 0. The Morgan fingerprint density at radius 3 is 2.57 bits per heavy atom. The van der Waals surface area contributed by atoms with Crippen LogP contribution in [0.25, 0.3) is 0 Å². The summed E-state index contributed by atoms with van der Waals surface area (Å²) in [5, 5.41) is 2.97. The largest absolute Gasteiger partial charge is 0.327 e. The van der Waals surface area contributed by atoms with Crippen molar-refractivity contribution in [2.24, 2.45) is 5.92 Å². The molecule has 23 heavy (non-hydrogen) atoms. The zero-order valence-electron chi connectivity index (χ0n) is 13.8. The molecular formula is C18H26N3O2+. The average Bonchev–Trinajstić information content (AvgIpc) is 2.96. The fraction of sp³-hybridized carbons (Fsp3) is 0.556. The number of anilines is 2. The van der Waals surface area contributed by atoms with Gasteiger partial charge in [0, 0.05) is 24.3 Å². The van der Waals surface area contributed by atoms with Crippen LogP contribution in [0.2, 0.25) is 0 Å². The molecule has 2 N–H and O–H groups in total. The summed E-state index contributed by atoms with van der Waals surface area (Å²) in [5.74, 6) is 1.05. The number of carbonyl (C=O) groups excluding carboxylic acids is 2. The van der Waals surface area contributed by atoms with E-state index in [1.165, 1.54) is 17.7 Å². The van der Waals surface area contributed by atoms with Gasteiger partial charge in [0.15, 0.2) is 6.54 Å². The number of benzene rings is 1. The molecule has 0 aliphatic carbocycles. The zero-order valence-corrected chi connectivity index (χ0v) is 13.8. The summed E-state index contributed by atoms with van der Waals surface area (Å²) < 4.78 is 0. The predicted octanol–water partition coefficient (Wildman–Crippen LogP) is 1.07. The second-order valence-corrected chi connectivity index (χ2v) is 6.85. The highest BCUT2D eigenvalue weighted by molar-refractivity contribution is 5.96. The van der Waals surface area contributed by atoms with Gasteiger partial charge < -0.3 is 15.1 Å². The second-order valence-electron chi connectivity index (χ2n) is 6.85. The van der Waals surface area contributed by atoms with Crippen molar-refractivity contribution in [3.05, 3.63) is 24.3 Å². The number of carbonyl (C=O) groups is 2. The third-order valence-corrected chi connectivity index (χ3v) is 4.93. The number of hydrogen-bond donors (Lipinski definition) is 2. The van der Waals surface area contributed by atoms with Crippen LogP contribution in [0, 0.1) is 5.92 Å². The quantitative estimate of drug-likeness (QED) is 0.873. The highest BCUT2D eigenvalue weighted by Gasteiger charge is 2.22. The van der Waals surface area contributed by atoms with E-state index >= 15 is 0 Å². The number of rotatable bonds is 4. The molecule has 2 aliphatic heterocycles. The molecular weight excluding hydrogens is 290 g/mol. The van der Waals surface area contributed by atoms with Crippen LogP contribution in [0.1, 0.15) is 32.6 Å². The second kappa shape index (κ2) is 7.13. The number of quaternary nitrogens is 1. The van der Waals surface area contributed by atoms with Crippen molar-refractivity contribution in [1.29, 1.82) is 0 Å². The van der Waals surface area contributed by atoms with E-state index in [2.05, 4.69) is 12.2 Å². The number of amides is 2. The number of piperidine rings is 1. The zero-order chi connectivity index (χ0) is 16.2. The van der Waals surface area contributed by atoms with E-state index in [0.29, 0.717) is 13.0 Å². The molecule has 3 rings (SSSR count). The highest BCUT2D eigenvalue weighted by atomic mass is 16.2.